The molecular weight excluding hydrogens is 411 g/mol. The maximum absolute atomic E-state index is 13.5. The van der Waals surface area contributed by atoms with Gasteiger partial charge >= 0.3 is 0 Å². The number of rotatable bonds is 9. The fourth-order valence-electron chi connectivity index (χ4n) is 4.13. The molecule has 2 atom stereocenters. The number of ether oxygens (including phenoxy) is 2. The largest absolute Gasteiger partial charge is 0.469 e. The summed E-state index contributed by atoms with van der Waals surface area (Å²) in [6, 6.07) is 10.7. The number of halogens is 1. The van der Waals surface area contributed by atoms with E-state index in [0.29, 0.717) is 26.3 Å². The lowest BCUT2D eigenvalue weighted by atomic mass is 10.0. The van der Waals surface area contributed by atoms with Gasteiger partial charge in [0.1, 0.15) is 11.6 Å². The van der Waals surface area contributed by atoms with Crippen molar-refractivity contribution in [3.8, 4) is 0 Å². The highest BCUT2D eigenvalue weighted by molar-refractivity contribution is 5.79. The van der Waals surface area contributed by atoms with Gasteiger partial charge in [-0.3, -0.25) is 9.89 Å². The van der Waals surface area contributed by atoms with Gasteiger partial charge in [0, 0.05) is 39.2 Å². The quantitative estimate of drug-likeness (QED) is 0.458. The number of hydrogen-bond donors (Lipinski definition) is 2. The fraction of sp³-hybridized carbons (Fsp3) is 0.542. The molecule has 0 amide bonds. The lowest BCUT2D eigenvalue weighted by Gasteiger charge is -2.34. The maximum atomic E-state index is 13.5. The zero-order valence-corrected chi connectivity index (χ0v) is 18.5. The van der Waals surface area contributed by atoms with E-state index in [4.69, 9.17) is 18.9 Å². The van der Waals surface area contributed by atoms with Crippen LogP contribution in [-0.4, -0.2) is 69.5 Å². The van der Waals surface area contributed by atoms with Gasteiger partial charge in [0.25, 0.3) is 0 Å². The summed E-state index contributed by atoms with van der Waals surface area (Å²) in [5, 5.41) is 6.86. The SMILES string of the molecule is Fc1ccc(C(CN=C(NCCc2ccco2)NCC2CCCO2)N2CCOCC2)cc1. The van der Waals surface area contributed by atoms with Crippen molar-refractivity contribution >= 4 is 5.96 Å². The van der Waals surface area contributed by atoms with E-state index in [9.17, 15) is 4.39 Å². The number of guanidine groups is 1. The van der Waals surface area contributed by atoms with Gasteiger partial charge in [-0.15, -0.1) is 0 Å². The van der Waals surface area contributed by atoms with Gasteiger partial charge < -0.3 is 24.5 Å². The maximum Gasteiger partial charge on any atom is 0.191 e. The third kappa shape index (κ3) is 6.79. The molecule has 1 aromatic heterocycles. The van der Waals surface area contributed by atoms with Crippen molar-refractivity contribution in [1.82, 2.24) is 15.5 Å². The van der Waals surface area contributed by atoms with Gasteiger partial charge in [0.05, 0.1) is 38.2 Å². The van der Waals surface area contributed by atoms with E-state index in [1.807, 2.05) is 24.3 Å². The van der Waals surface area contributed by atoms with Crippen LogP contribution in [0.4, 0.5) is 4.39 Å². The Bertz CT molecular complexity index is 816. The molecule has 2 aliphatic rings. The average Bonchev–Trinajstić information content (AvgIpc) is 3.53. The predicted octanol–water partition coefficient (Wildman–Crippen LogP) is 2.75. The molecule has 32 heavy (non-hydrogen) atoms. The third-order valence-corrected chi connectivity index (χ3v) is 5.93. The molecule has 2 aromatic rings. The van der Waals surface area contributed by atoms with Crippen LogP contribution in [0.3, 0.4) is 0 Å². The summed E-state index contributed by atoms with van der Waals surface area (Å²) in [4.78, 5) is 7.27. The molecule has 2 unspecified atom stereocenters. The van der Waals surface area contributed by atoms with Crippen molar-refractivity contribution in [3.05, 3.63) is 59.8 Å². The van der Waals surface area contributed by atoms with E-state index in [1.165, 1.54) is 12.1 Å². The lowest BCUT2D eigenvalue weighted by molar-refractivity contribution is 0.0179. The molecule has 7 nitrogen and oxygen atoms in total. The first kappa shape index (κ1) is 22.8. The topological polar surface area (TPSA) is 71.3 Å². The van der Waals surface area contributed by atoms with Gasteiger partial charge in [0.2, 0.25) is 0 Å². The molecule has 0 spiro atoms. The van der Waals surface area contributed by atoms with Crippen molar-refractivity contribution in [3.63, 3.8) is 0 Å². The Morgan fingerprint density at radius 2 is 1.97 bits per heavy atom. The Labute approximate surface area is 189 Å². The van der Waals surface area contributed by atoms with Crippen molar-refractivity contribution in [2.75, 3.05) is 52.5 Å². The van der Waals surface area contributed by atoms with Gasteiger partial charge in [-0.25, -0.2) is 4.39 Å². The highest BCUT2D eigenvalue weighted by Gasteiger charge is 2.23. The van der Waals surface area contributed by atoms with Crippen LogP contribution in [0.5, 0.6) is 0 Å². The van der Waals surface area contributed by atoms with Gasteiger partial charge in [0.15, 0.2) is 5.96 Å². The normalized spacial score (nSPS) is 20.9. The number of furan rings is 1. The predicted molar refractivity (Wildman–Crippen MR) is 121 cm³/mol. The molecule has 2 fully saturated rings. The number of benzene rings is 1. The van der Waals surface area contributed by atoms with Crippen molar-refractivity contribution in [2.24, 2.45) is 4.99 Å². The van der Waals surface area contributed by atoms with E-state index in [1.54, 1.807) is 6.26 Å². The highest BCUT2D eigenvalue weighted by atomic mass is 19.1. The van der Waals surface area contributed by atoms with Gasteiger partial charge in [-0.1, -0.05) is 12.1 Å². The van der Waals surface area contributed by atoms with E-state index in [0.717, 1.165) is 62.8 Å². The zero-order valence-electron chi connectivity index (χ0n) is 18.5. The van der Waals surface area contributed by atoms with Crippen molar-refractivity contribution in [2.45, 2.75) is 31.4 Å². The molecule has 0 bridgehead atoms. The Kier molecular flexibility index (Phi) is 8.53. The van der Waals surface area contributed by atoms with Gasteiger partial charge in [-0.05, 0) is 42.7 Å². The number of aliphatic imine (C=N–C) groups is 1. The second kappa shape index (κ2) is 12.0. The first-order chi connectivity index (χ1) is 15.8. The van der Waals surface area contributed by atoms with Crippen LogP contribution in [0.25, 0.3) is 0 Å². The highest BCUT2D eigenvalue weighted by Crippen LogP contribution is 2.23. The standard InChI is InChI=1S/C24H33FN4O3/c25-20-7-5-19(6-8-20)23(29-11-15-30-16-12-29)18-28-24(27-17-22-4-2-14-32-22)26-10-9-21-3-1-13-31-21/h1,3,5-8,13,22-23H,2,4,9-12,14-18H2,(H2,26,27,28). The van der Waals surface area contributed by atoms with Gasteiger partial charge in [-0.2, -0.15) is 0 Å². The fourth-order valence-corrected chi connectivity index (χ4v) is 4.13. The van der Waals surface area contributed by atoms with Crippen molar-refractivity contribution in [1.29, 1.82) is 0 Å². The molecule has 2 aliphatic heterocycles. The molecule has 1 aromatic carbocycles. The number of hydrogen-bond acceptors (Lipinski definition) is 5. The Hall–Kier alpha value is -2.42. The average molecular weight is 445 g/mol. The number of nitrogens with zero attached hydrogens (tertiary/aromatic N) is 2. The molecule has 174 valence electrons. The minimum absolute atomic E-state index is 0.0610. The zero-order chi connectivity index (χ0) is 22.0. The van der Waals surface area contributed by atoms with Crippen LogP contribution in [0.15, 0.2) is 52.1 Å². The first-order valence-corrected chi connectivity index (χ1v) is 11.5. The molecule has 0 saturated carbocycles. The van der Waals surface area contributed by atoms with E-state index < -0.39 is 0 Å². The molecule has 4 rings (SSSR count). The summed E-state index contributed by atoms with van der Waals surface area (Å²) < 4.78 is 30.2. The second-order valence-electron chi connectivity index (χ2n) is 8.18. The Morgan fingerprint density at radius 3 is 2.69 bits per heavy atom. The Morgan fingerprint density at radius 1 is 1.12 bits per heavy atom. The van der Waals surface area contributed by atoms with Crippen LogP contribution in [0.1, 0.15) is 30.2 Å². The van der Waals surface area contributed by atoms with E-state index in [2.05, 4.69) is 15.5 Å². The molecule has 0 aliphatic carbocycles. The summed E-state index contributed by atoms with van der Waals surface area (Å²) >= 11 is 0. The summed E-state index contributed by atoms with van der Waals surface area (Å²) in [5.74, 6) is 1.47. The lowest BCUT2D eigenvalue weighted by Crippen LogP contribution is -2.43. The number of nitrogens with one attached hydrogen (secondary N) is 2. The van der Waals surface area contributed by atoms with Crippen LogP contribution in [0, 0.1) is 5.82 Å². The summed E-state index contributed by atoms with van der Waals surface area (Å²) in [6.45, 7) is 5.90. The molecule has 3 heterocycles. The molecule has 2 N–H and O–H groups in total. The third-order valence-electron chi connectivity index (χ3n) is 5.93. The first-order valence-electron chi connectivity index (χ1n) is 11.5. The van der Waals surface area contributed by atoms with Crippen LogP contribution in [-0.2, 0) is 15.9 Å². The Balaban J connectivity index is 1.43. The smallest absolute Gasteiger partial charge is 0.191 e. The summed E-state index contributed by atoms with van der Waals surface area (Å²) in [6.07, 6.45) is 4.86. The van der Waals surface area contributed by atoms with Crippen molar-refractivity contribution < 1.29 is 18.3 Å². The summed E-state index contributed by atoms with van der Waals surface area (Å²) in [7, 11) is 0. The molecule has 2 saturated heterocycles. The summed E-state index contributed by atoms with van der Waals surface area (Å²) in [5.41, 5.74) is 1.06. The van der Waals surface area contributed by atoms with E-state index in [-0.39, 0.29) is 18.0 Å². The minimum Gasteiger partial charge on any atom is -0.469 e. The van der Waals surface area contributed by atoms with Crippen LogP contribution >= 0.6 is 0 Å². The van der Waals surface area contributed by atoms with Crippen LogP contribution in [0.2, 0.25) is 0 Å². The molecule has 0 radical (unpaired) electrons. The molecule has 8 heteroatoms. The molecular formula is C24H33FN4O3. The monoisotopic (exact) mass is 444 g/mol. The minimum atomic E-state index is -0.225. The second-order valence-corrected chi connectivity index (χ2v) is 8.18. The van der Waals surface area contributed by atoms with E-state index >= 15 is 0 Å². The number of morpholine rings is 1. The van der Waals surface area contributed by atoms with Crippen LogP contribution < -0.4 is 10.6 Å².